The molecule has 0 bridgehead atoms. The van der Waals surface area contributed by atoms with Gasteiger partial charge in [0.2, 0.25) is 0 Å². The second kappa shape index (κ2) is 61.9. The Kier molecular flexibility index (Phi) is 59.7. The third-order valence-corrected chi connectivity index (χ3v) is 14.3. The van der Waals surface area contributed by atoms with Crippen LogP contribution in [0.4, 0.5) is 0 Å². The Hall–Kier alpha value is -2.63. The van der Waals surface area contributed by atoms with Crippen LogP contribution in [0, 0.1) is 0 Å². The van der Waals surface area contributed by atoms with Gasteiger partial charge in [-0.3, -0.25) is 14.4 Å². The van der Waals surface area contributed by atoms with Gasteiger partial charge in [0.25, 0.3) is 0 Å². The molecule has 0 heterocycles. The van der Waals surface area contributed by atoms with E-state index in [4.69, 9.17) is 14.2 Å². The van der Waals surface area contributed by atoms with Gasteiger partial charge >= 0.3 is 17.9 Å². The molecule has 1 atom stereocenters. The van der Waals surface area contributed by atoms with E-state index in [9.17, 15) is 14.4 Å². The number of esters is 3. The number of rotatable bonds is 59. The van der Waals surface area contributed by atoms with Crippen LogP contribution in [0.15, 0.2) is 48.6 Å². The van der Waals surface area contributed by atoms with Crippen LogP contribution in [0.1, 0.15) is 342 Å². The number of ether oxygens (including phenoxy) is 3. The van der Waals surface area contributed by atoms with Crippen molar-refractivity contribution in [1.29, 1.82) is 0 Å². The van der Waals surface area contributed by atoms with E-state index >= 15 is 0 Å². The lowest BCUT2D eigenvalue weighted by Crippen LogP contribution is -2.30. The molecule has 0 spiro atoms. The first-order valence-corrected chi connectivity index (χ1v) is 32.1. The van der Waals surface area contributed by atoms with Crippen LogP contribution in [-0.4, -0.2) is 37.2 Å². The summed E-state index contributed by atoms with van der Waals surface area (Å²) in [6.07, 6.45) is 76.8. The van der Waals surface area contributed by atoms with E-state index in [2.05, 4.69) is 69.4 Å². The molecule has 0 amide bonds. The summed E-state index contributed by atoms with van der Waals surface area (Å²) in [5.41, 5.74) is 0. The Bertz CT molecular complexity index is 1270. The van der Waals surface area contributed by atoms with Gasteiger partial charge in [-0.05, 0) is 83.5 Å². The van der Waals surface area contributed by atoms with E-state index in [1.807, 2.05) is 0 Å². The van der Waals surface area contributed by atoms with Crippen molar-refractivity contribution in [2.75, 3.05) is 13.2 Å². The number of hydrogen-bond donors (Lipinski definition) is 0. The Morgan fingerprint density at radius 1 is 0.274 bits per heavy atom. The highest BCUT2D eigenvalue weighted by atomic mass is 16.6. The van der Waals surface area contributed by atoms with E-state index in [1.165, 1.54) is 225 Å². The predicted octanol–water partition coefficient (Wildman–Crippen LogP) is 21.8. The van der Waals surface area contributed by atoms with Crippen LogP contribution in [0.3, 0.4) is 0 Å². The fourth-order valence-corrected chi connectivity index (χ4v) is 9.45. The van der Waals surface area contributed by atoms with Crippen LogP contribution in [-0.2, 0) is 28.6 Å². The van der Waals surface area contributed by atoms with Crippen LogP contribution < -0.4 is 0 Å². The standard InChI is InChI=1S/C67H122O6/c1-4-7-10-13-16-19-22-25-28-31-33-36-39-42-45-48-51-54-57-60-66(69)72-63-64(62-71-65(68)59-56-53-50-47-44-41-38-35-30-27-24-21-18-15-12-9-6-3)73-67(70)61-58-55-52-49-46-43-40-37-34-32-29-26-23-20-17-14-11-8-5-2/h16,19,25,27-28,30,33,36,64H,4-15,17-18,20-24,26,29,31-32,34-35,37-63H2,1-3H3/b19-16-,28-25-,30-27-,36-33-/t64-/m1/s1. The van der Waals surface area contributed by atoms with Crippen molar-refractivity contribution < 1.29 is 28.6 Å². The maximum absolute atomic E-state index is 12.9. The molecule has 0 saturated heterocycles. The molecule has 0 aromatic carbocycles. The van der Waals surface area contributed by atoms with Gasteiger partial charge in [-0.1, -0.05) is 288 Å². The maximum atomic E-state index is 12.9. The molecule has 0 aromatic heterocycles. The average Bonchev–Trinajstić information content (AvgIpc) is 3.39. The van der Waals surface area contributed by atoms with Crippen LogP contribution in [0.25, 0.3) is 0 Å². The Labute approximate surface area is 454 Å². The van der Waals surface area contributed by atoms with Crippen molar-refractivity contribution in [2.24, 2.45) is 0 Å². The fraction of sp³-hybridized carbons (Fsp3) is 0.836. The molecule has 0 aliphatic heterocycles. The van der Waals surface area contributed by atoms with Crippen molar-refractivity contribution in [1.82, 2.24) is 0 Å². The van der Waals surface area contributed by atoms with E-state index in [1.54, 1.807) is 0 Å². The first kappa shape index (κ1) is 70.4. The molecule has 426 valence electrons. The third kappa shape index (κ3) is 60.1. The quantitative estimate of drug-likeness (QED) is 0.0261. The molecule has 6 nitrogen and oxygen atoms in total. The number of carbonyl (C=O) groups is 3. The van der Waals surface area contributed by atoms with Gasteiger partial charge in [0.15, 0.2) is 6.10 Å². The van der Waals surface area contributed by atoms with E-state index in [0.717, 1.165) is 77.0 Å². The lowest BCUT2D eigenvalue weighted by Gasteiger charge is -2.18. The monoisotopic (exact) mass is 1020 g/mol. The summed E-state index contributed by atoms with van der Waals surface area (Å²) in [7, 11) is 0. The average molecular weight is 1020 g/mol. The summed E-state index contributed by atoms with van der Waals surface area (Å²) < 4.78 is 16.9. The van der Waals surface area contributed by atoms with Crippen molar-refractivity contribution in [2.45, 2.75) is 348 Å². The van der Waals surface area contributed by atoms with Crippen LogP contribution >= 0.6 is 0 Å². The molecule has 0 unspecified atom stereocenters. The minimum absolute atomic E-state index is 0.0762. The molecule has 0 saturated carbocycles. The topological polar surface area (TPSA) is 78.9 Å². The van der Waals surface area contributed by atoms with Crippen molar-refractivity contribution in [3.8, 4) is 0 Å². The largest absolute Gasteiger partial charge is 0.462 e. The summed E-state index contributed by atoms with van der Waals surface area (Å²) >= 11 is 0. The van der Waals surface area contributed by atoms with Gasteiger partial charge < -0.3 is 14.2 Å². The summed E-state index contributed by atoms with van der Waals surface area (Å²) in [6.45, 7) is 6.65. The highest BCUT2D eigenvalue weighted by Crippen LogP contribution is 2.17. The minimum atomic E-state index is -0.779. The zero-order valence-corrected chi connectivity index (χ0v) is 48.9. The first-order valence-electron chi connectivity index (χ1n) is 32.1. The van der Waals surface area contributed by atoms with E-state index < -0.39 is 6.10 Å². The van der Waals surface area contributed by atoms with Crippen LogP contribution in [0.2, 0.25) is 0 Å². The second-order valence-corrected chi connectivity index (χ2v) is 21.7. The molecule has 0 aliphatic rings. The minimum Gasteiger partial charge on any atom is -0.462 e. The molecule has 0 aromatic rings. The van der Waals surface area contributed by atoms with Gasteiger partial charge in [0, 0.05) is 19.3 Å². The summed E-state index contributed by atoms with van der Waals surface area (Å²) in [6, 6.07) is 0. The van der Waals surface area contributed by atoms with Crippen LogP contribution in [0.5, 0.6) is 0 Å². The predicted molar refractivity (Wildman–Crippen MR) is 316 cm³/mol. The summed E-state index contributed by atoms with van der Waals surface area (Å²) in [4.78, 5) is 38.3. The maximum Gasteiger partial charge on any atom is 0.306 e. The normalized spacial score (nSPS) is 12.3. The Morgan fingerprint density at radius 3 is 0.808 bits per heavy atom. The van der Waals surface area contributed by atoms with Crippen molar-refractivity contribution >= 4 is 17.9 Å². The smallest absolute Gasteiger partial charge is 0.306 e. The lowest BCUT2D eigenvalue weighted by atomic mass is 10.0. The number of unbranched alkanes of at least 4 members (excludes halogenated alkanes) is 40. The zero-order valence-electron chi connectivity index (χ0n) is 48.9. The zero-order chi connectivity index (χ0) is 52.9. The molecule has 0 aliphatic carbocycles. The first-order chi connectivity index (χ1) is 36.0. The van der Waals surface area contributed by atoms with Gasteiger partial charge in [0.1, 0.15) is 13.2 Å². The number of hydrogen-bond acceptors (Lipinski definition) is 6. The summed E-state index contributed by atoms with van der Waals surface area (Å²) in [5.74, 6) is -0.871. The van der Waals surface area contributed by atoms with Gasteiger partial charge in [-0.25, -0.2) is 0 Å². The van der Waals surface area contributed by atoms with Gasteiger partial charge in [0.05, 0.1) is 0 Å². The second-order valence-electron chi connectivity index (χ2n) is 21.7. The molecular formula is C67H122O6. The SMILES string of the molecule is CCCCC/C=C\C/C=C\C/C=C\CCCCCCCCC(=O)OC[C@@H](COC(=O)CCCCCCCCC/C=C\CCCCCCCC)OC(=O)CCCCCCCCCCCCCCCCCCCCC. The Balaban J connectivity index is 4.37. The molecule has 73 heavy (non-hydrogen) atoms. The van der Waals surface area contributed by atoms with Gasteiger partial charge in [-0.2, -0.15) is 0 Å². The van der Waals surface area contributed by atoms with Gasteiger partial charge in [-0.15, -0.1) is 0 Å². The van der Waals surface area contributed by atoms with E-state index in [-0.39, 0.29) is 31.1 Å². The molecular weight excluding hydrogens is 901 g/mol. The highest BCUT2D eigenvalue weighted by Gasteiger charge is 2.19. The molecule has 0 fully saturated rings. The fourth-order valence-electron chi connectivity index (χ4n) is 9.45. The number of allylic oxidation sites excluding steroid dienone is 8. The Morgan fingerprint density at radius 2 is 0.493 bits per heavy atom. The summed E-state index contributed by atoms with van der Waals surface area (Å²) in [5, 5.41) is 0. The third-order valence-electron chi connectivity index (χ3n) is 14.3. The molecule has 0 radical (unpaired) electrons. The molecule has 0 rings (SSSR count). The van der Waals surface area contributed by atoms with E-state index in [0.29, 0.717) is 19.3 Å². The number of carbonyl (C=O) groups excluding carboxylic acids is 3. The van der Waals surface area contributed by atoms with Crippen molar-refractivity contribution in [3.05, 3.63) is 48.6 Å². The molecule has 6 heteroatoms. The van der Waals surface area contributed by atoms with Crippen molar-refractivity contribution in [3.63, 3.8) is 0 Å². The lowest BCUT2D eigenvalue weighted by molar-refractivity contribution is -0.167. The highest BCUT2D eigenvalue weighted by molar-refractivity contribution is 5.71. The molecule has 0 N–H and O–H groups in total.